The maximum Gasteiger partial charge on any atom is 0.293 e. The molecule has 104 valence electrons. The van der Waals surface area contributed by atoms with E-state index in [2.05, 4.69) is 21.2 Å². The van der Waals surface area contributed by atoms with E-state index in [9.17, 15) is 4.79 Å². The first-order chi connectivity index (χ1) is 9.63. The van der Waals surface area contributed by atoms with Crippen LogP contribution in [-0.2, 0) is 6.54 Å². The molecule has 1 fully saturated rings. The number of aromatic nitrogens is 3. The lowest BCUT2D eigenvalue weighted by atomic mass is 10.1. The van der Waals surface area contributed by atoms with Gasteiger partial charge in [0.25, 0.3) is 5.91 Å². The van der Waals surface area contributed by atoms with Gasteiger partial charge < -0.3 is 4.90 Å². The number of amides is 1. The van der Waals surface area contributed by atoms with Crippen LogP contribution in [0.15, 0.2) is 24.3 Å². The molecule has 0 bridgehead atoms. The normalized spacial score (nSPS) is 14.3. The van der Waals surface area contributed by atoms with Crippen LogP contribution in [0.4, 0.5) is 0 Å². The highest BCUT2D eigenvalue weighted by Crippen LogP contribution is 2.37. The summed E-state index contributed by atoms with van der Waals surface area (Å²) < 4.78 is 0. The molecule has 0 unspecified atom stereocenters. The molecule has 0 spiro atoms. The minimum atomic E-state index is -0.144. The number of nitrogens with zero attached hydrogens (tertiary/aromatic N) is 3. The zero-order valence-electron chi connectivity index (χ0n) is 11.8. The molecule has 1 aliphatic rings. The molecule has 1 amide bonds. The molecule has 0 atom stereocenters. The Morgan fingerprint density at radius 3 is 2.95 bits per heavy atom. The summed E-state index contributed by atoms with van der Waals surface area (Å²) in [6, 6.07) is 8.14. The predicted molar refractivity (Wildman–Crippen MR) is 75.3 cm³/mol. The molecule has 5 heteroatoms. The lowest BCUT2D eigenvalue weighted by molar-refractivity contribution is 0.0773. The van der Waals surface area contributed by atoms with Crippen LogP contribution in [-0.4, -0.2) is 33.0 Å². The Hall–Kier alpha value is -2.17. The van der Waals surface area contributed by atoms with Gasteiger partial charge in [-0.25, -0.2) is 4.98 Å². The molecule has 1 aliphatic carbocycles. The molecule has 20 heavy (non-hydrogen) atoms. The van der Waals surface area contributed by atoms with Gasteiger partial charge in [0.05, 0.1) is 0 Å². The van der Waals surface area contributed by atoms with Crippen molar-refractivity contribution < 1.29 is 4.79 Å². The van der Waals surface area contributed by atoms with Crippen molar-refractivity contribution in [3.05, 3.63) is 47.0 Å². The van der Waals surface area contributed by atoms with E-state index in [-0.39, 0.29) is 11.7 Å². The van der Waals surface area contributed by atoms with Crippen LogP contribution in [0, 0.1) is 6.92 Å². The van der Waals surface area contributed by atoms with Crippen LogP contribution in [0.1, 0.15) is 46.3 Å². The molecule has 5 nitrogen and oxygen atoms in total. The van der Waals surface area contributed by atoms with Crippen molar-refractivity contribution in [1.82, 2.24) is 20.1 Å². The zero-order valence-corrected chi connectivity index (χ0v) is 11.8. The van der Waals surface area contributed by atoms with Gasteiger partial charge in [0.1, 0.15) is 5.82 Å². The van der Waals surface area contributed by atoms with E-state index < -0.39 is 0 Å². The van der Waals surface area contributed by atoms with Crippen molar-refractivity contribution in [3.63, 3.8) is 0 Å². The number of hydrogen-bond donors (Lipinski definition) is 1. The van der Waals surface area contributed by atoms with Gasteiger partial charge in [0, 0.05) is 19.5 Å². The van der Waals surface area contributed by atoms with Crippen LogP contribution >= 0.6 is 0 Å². The Morgan fingerprint density at radius 1 is 1.45 bits per heavy atom. The van der Waals surface area contributed by atoms with E-state index in [4.69, 9.17) is 0 Å². The maximum atomic E-state index is 12.3. The monoisotopic (exact) mass is 270 g/mol. The van der Waals surface area contributed by atoms with Gasteiger partial charge in [-0.05, 0) is 25.3 Å². The molecular weight excluding hydrogens is 252 g/mol. The fourth-order valence-electron chi connectivity index (χ4n) is 2.24. The van der Waals surface area contributed by atoms with Crippen LogP contribution in [0.2, 0.25) is 0 Å². The number of hydrogen-bond acceptors (Lipinski definition) is 3. The Labute approximate surface area is 118 Å². The average molecular weight is 270 g/mol. The predicted octanol–water partition coefficient (Wildman–Crippen LogP) is 2.26. The lowest BCUT2D eigenvalue weighted by Gasteiger charge is -2.15. The number of aryl methyl sites for hydroxylation is 1. The van der Waals surface area contributed by atoms with Gasteiger partial charge in [-0.3, -0.25) is 9.89 Å². The van der Waals surface area contributed by atoms with Gasteiger partial charge in [-0.2, -0.15) is 0 Å². The highest BCUT2D eigenvalue weighted by atomic mass is 16.2. The number of aromatic amines is 1. The second-order valence-corrected chi connectivity index (χ2v) is 5.47. The number of H-pyrrole nitrogens is 1. The van der Waals surface area contributed by atoms with Gasteiger partial charge in [-0.15, -0.1) is 5.10 Å². The first kappa shape index (κ1) is 12.8. The van der Waals surface area contributed by atoms with Crippen LogP contribution in [0.3, 0.4) is 0 Å². The summed E-state index contributed by atoms with van der Waals surface area (Å²) in [6.07, 6.45) is 2.28. The smallest absolute Gasteiger partial charge is 0.293 e. The van der Waals surface area contributed by atoms with Crippen LogP contribution in [0.5, 0.6) is 0 Å². The van der Waals surface area contributed by atoms with Crippen molar-refractivity contribution in [1.29, 1.82) is 0 Å². The van der Waals surface area contributed by atoms with Crippen LogP contribution in [0.25, 0.3) is 0 Å². The summed E-state index contributed by atoms with van der Waals surface area (Å²) in [5, 5.41) is 6.90. The summed E-state index contributed by atoms with van der Waals surface area (Å²) in [5.41, 5.74) is 2.30. The summed E-state index contributed by atoms with van der Waals surface area (Å²) in [7, 11) is 1.78. The van der Waals surface area contributed by atoms with Crippen molar-refractivity contribution in [3.8, 4) is 0 Å². The molecule has 0 saturated heterocycles. The average Bonchev–Trinajstić information content (AvgIpc) is 3.16. The summed E-state index contributed by atoms with van der Waals surface area (Å²) in [5.74, 6) is 1.44. The van der Waals surface area contributed by atoms with E-state index in [0.717, 1.165) is 24.2 Å². The van der Waals surface area contributed by atoms with Crippen molar-refractivity contribution in [2.45, 2.75) is 32.2 Å². The topological polar surface area (TPSA) is 61.9 Å². The Bertz CT molecular complexity index is 630. The first-order valence-corrected chi connectivity index (χ1v) is 6.87. The first-order valence-electron chi connectivity index (χ1n) is 6.87. The Balaban J connectivity index is 1.69. The van der Waals surface area contributed by atoms with Gasteiger partial charge in [0.15, 0.2) is 0 Å². The summed E-state index contributed by atoms with van der Waals surface area (Å²) in [6.45, 7) is 2.61. The molecule has 3 rings (SSSR count). The minimum Gasteiger partial charge on any atom is -0.335 e. The molecule has 1 heterocycles. The minimum absolute atomic E-state index is 0.144. The Kier molecular flexibility index (Phi) is 3.26. The van der Waals surface area contributed by atoms with Crippen molar-refractivity contribution in [2.24, 2.45) is 0 Å². The lowest BCUT2D eigenvalue weighted by Crippen LogP contribution is -2.27. The van der Waals surface area contributed by atoms with E-state index in [0.29, 0.717) is 12.5 Å². The van der Waals surface area contributed by atoms with Gasteiger partial charge >= 0.3 is 0 Å². The third-order valence-corrected chi connectivity index (χ3v) is 3.51. The second-order valence-electron chi connectivity index (χ2n) is 5.47. The van der Waals surface area contributed by atoms with Crippen molar-refractivity contribution >= 4 is 5.91 Å². The van der Waals surface area contributed by atoms with Crippen molar-refractivity contribution in [2.75, 3.05) is 7.05 Å². The molecule has 2 aromatic rings. The molecule has 0 radical (unpaired) electrons. The quantitative estimate of drug-likeness (QED) is 0.927. The number of benzene rings is 1. The molecule has 0 aliphatic heterocycles. The number of rotatable bonds is 4. The van der Waals surface area contributed by atoms with E-state index in [1.165, 1.54) is 5.56 Å². The fourth-order valence-corrected chi connectivity index (χ4v) is 2.24. The highest BCUT2D eigenvalue weighted by Gasteiger charge is 2.28. The third-order valence-electron chi connectivity index (χ3n) is 3.51. The van der Waals surface area contributed by atoms with Gasteiger partial charge in [-0.1, -0.05) is 29.8 Å². The van der Waals surface area contributed by atoms with Gasteiger partial charge in [0.2, 0.25) is 5.82 Å². The highest BCUT2D eigenvalue weighted by molar-refractivity contribution is 5.90. The van der Waals surface area contributed by atoms with E-state index in [1.54, 1.807) is 11.9 Å². The Morgan fingerprint density at radius 2 is 2.25 bits per heavy atom. The van der Waals surface area contributed by atoms with Crippen LogP contribution < -0.4 is 0 Å². The zero-order chi connectivity index (χ0) is 14.1. The fraction of sp³-hybridized carbons (Fsp3) is 0.400. The second kappa shape index (κ2) is 5.07. The maximum absolute atomic E-state index is 12.3. The standard InChI is InChI=1S/C15H18N4O/c1-10-4-3-5-11(8-10)9-19(2)15(20)14-16-13(17-18-14)12-6-7-12/h3-5,8,12H,6-7,9H2,1-2H3,(H,16,17,18). The largest absolute Gasteiger partial charge is 0.335 e. The SMILES string of the molecule is Cc1cccc(CN(C)C(=O)c2n[nH]c(C3CC3)n2)c1. The molecule has 1 N–H and O–H groups in total. The molecular formula is C15H18N4O. The number of carbonyl (C=O) groups excluding carboxylic acids is 1. The third kappa shape index (κ3) is 2.71. The molecule has 1 aromatic carbocycles. The van der Waals surface area contributed by atoms with E-state index in [1.807, 2.05) is 25.1 Å². The molecule has 1 aromatic heterocycles. The summed E-state index contributed by atoms with van der Waals surface area (Å²) in [4.78, 5) is 18.2. The summed E-state index contributed by atoms with van der Waals surface area (Å²) >= 11 is 0. The number of nitrogens with one attached hydrogen (secondary N) is 1. The molecule has 1 saturated carbocycles. The van der Waals surface area contributed by atoms with E-state index >= 15 is 0 Å². The number of carbonyl (C=O) groups is 1.